The summed E-state index contributed by atoms with van der Waals surface area (Å²) < 4.78 is 34.3. The lowest BCUT2D eigenvalue weighted by Gasteiger charge is -2.41. The minimum atomic E-state index is -5.03. The van der Waals surface area contributed by atoms with Gasteiger partial charge in [0.15, 0.2) is 0 Å². The van der Waals surface area contributed by atoms with Gasteiger partial charge in [-0.1, -0.05) is 189 Å². The third-order valence-electron chi connectivity index (χ3n) is 12.1. The van der Waals surface area contributed by atoms with Crippen LogP contribution >= 0.6 is 7.82 Å². The van der Waals surface area contributed by atoms with Gasteiger partial charge < -0.3 is 39.9 Å². The van der Waals surface area contributed by atoms with Crippen molar-refractivity contribution in [2.45, 2.75) is 249 Å². The molecular formula is C55H97O12P. The lowest BCUT2D eigenvalue weighted by molar-refractivity contribution is -0.220. The fourth-order valence-corrected chi connectivity index (χ4v) is 8.82. The van der Waals surface area contributed by atoms with Crippen molar-refractivity contribution < 1.29 is 58.3 Å². The van der Waals surface area contributed by atoms with Crippen LogP contribution in [0.25, 0.3) is 0 Å². The highest BCUT2D eigenvalue weighted by Crippen LogP contribution is 2.47. The van der Waals surface area contributed by atoms with E-state index in [9.17, 15) is 39.8 Å². The second-order valence-corrected chi connectivity index (χ2v) is 19.7. The summed E-state index contributed by atoms with van der Waals surface area (Å²) in [6.45, 7) is 4.13. The second-order valence-electron chi connectivity index (χ2n) is 18.3. The number of hydrogen-bond acceptors (Lipinski definition) is 11. The monoisotopic (exact) mass is 981 g/mol. The number of hydrogen-bond donors (Lipinski definition) is 6. The van der Waals surface area contributed by atoms with Crippen LogP contribution in [0.2, 0.25) is 0 Å². The van der Waals surface area contributed by atoms with Gasteiger partial charge in [0.1, 0.15) is 42.7 Å². The average Bonchev–Trinajstić information content (AvgIpc) is 3.32. The number of rotatable bonds is 45. The van der Waals surface area contributed by atoms with Crippen molar-refractivity contribution in [1.29, 1.82) is 0 Å². The predicted octanol–water partition coefficient (Wildman–Crippen LogP) is 12.3. The second kappa shape index (κ2) is 44.7. The normalized spacial score (nSPS) is 21.7. The van der Waals surface area contributed by atoms with E-state index in [-0.39, 0.29) is 13.0 Å². The number of aliphatic hydroxyl groups is 5. The highest BCUT2D eigenvalue weighted by atomic mass is 31.2. The van der Waals surface area contributed by atoms with Crippen LogP contribution in [0.15, 0.2) is 72.9 Å². The maximum absolute atomic E-state index is 12.9. The molecule has 1 saturated carbocycles. The van der Waals surface area contributed by atoms with Gasteiger partial charge in [0.2, 0.25) is 0 Å². The predicted molar refractivity (Wildman–Crippen MR) is 276 cm³/mol. The topological polar surface area (TPSA) is 192 Å². The van der Waals surface area contributed by atoms with E-state index in [1.54, 1.807) is 0 Å². The Kier molecular flexibility index (Phi) is 41.9. The third kappa shape index (κ3) is 35.8. The molecule has 1 aliphatic rings. The SMILES string of the molecule is CC/C=C\C/C=C\C/C=C\CCCCCCCCCCOCC(COP(=O)(O)OC1C(O)C(O)C(O)C(O)C1O)OC(=O)CCCCCCCCCC/C=C\C/C=C\C/C=C\CCCCCCC. The standard InChI is InChI=1S/C55H97O12P/c1-3-5-7-9-11-13-15-17-19-21-23-24-25-26-27-28-30-32-34-36-38-40-42-44-49(56)66-48(47-65-68(62,63)67-55-53(60)51(58)50(57)52(59)54(55)61)46-64-45-43-41-39-37-35-33-31-29-22-20-18-16-14-12-10-8-6-4-2/h6,8,12,14-15,17-18,20-21,23,25-26,48,50-55,57-61H,3-5,7,9-11,13,16,19,22,24,27-47H2,1-2H3,(H,62,63)/b8-6-,14-12-,17-15-,20-18-,23-21-,26-25-. The Bertz CT molecular complexity index is 1400. The van der Waals surface area contributed by atoms with E-state index in [4.69, 9.17) is 18.5 Å². The molecule has 6 atom stereocenters. The zero-order chi connectivity index (χ0) is 49.8. The van der Waals surface area contributed by atoms with E-state index in [0.717, 1.165) is 96.3 Å². The number of ether oxygens (including phenoxy) is 2. The van der Waals surface area contributed by atoms with Crippen molar-refractivity contribution in [3.05, 3.63) is 72.9 Å². The lowest BCUT2D eigenvalue weighted by Crippen LogP contribution is -2.64. The van der Waals surface area contributed by atoms with Gasteiger partial charge in [0.05, 0.1) is 13.2 Å². The van der Waals surface area contributed by atoms with Crippen LogP contribution in [0.5, 0.6) is 0 Å². The molecule has 0 aromatic heterocycles. The van der Waals surface area contributed by atoms with Crippen LogP contribution in [0.3, 0.4) is 0 Å². The highest BCUT2D eigenvalue weighted by molar-refractivity contribution is 7.47. The van der Waals surface area contributed by atoms with Gasteiger partial charge in [-0.25, -0.2) is 4.57 Å². The van der Waals surface area contributed by atoms with Crippen LogP contribution in [-0.4, -0.2) is 98.9 Å². The van der Waals surface area contributed by atoms with Crippen molar-refractivity contribution in [1.82, 2.24) is 0 Å². The van der Waals surface area contributed by atoms with Gasteiger partial charge in [-0.15, -0.1) is 0 Å². The molecule has 6 unspecified atom stereocenters. The van der Waals surface area contributed by atoms with Crippen molar-refractivity contribution in [3.8, 4) is 0 Å². The van der Waals surface area contributed by atoms with Gasteiger partial charge >= 0.3 is 13.8 Å². The Morgan fingerprint density at radius 2 is 0.868 bits per heavy atom. The van der Waals surface area contributed by atoms with Crippen molar-refractivity contribution >= 4 is 13.8 Å². The summed E-state index contributed by atoms with van der Waals surface area (Å²) >= 11 is 0. The van der Waals surface area contributed by atoms with E-state index >= 15 is 0 Å². The number of aliphatic hydroxyl groups excluding tert-OH is 5. The Labute approximate surface area is 412 Å². The number of carbonyl (C=O) groups excluding carboxylic acids is 1. The maximum Gasteiger partial charge on any atom is 0.472 e. The van der Waals surface area contributed by atoms with Gasteiger partial charge in [-0.3, -0.25) is 13.8 Å². The summed E-state index contributed by atoms with van der Waals surface area (Å²) in [6, 6.07) is 0. The Morgan fingerprint density at radius 3 is 1.32 bits per heavy atom. The van der Waals surface area contributed by atoms with Crippen molar-refractivity contribution in [3.63, 3.8) is 0 Å². The lowest BCUT2D eigenvalue weighted by atomic mass is 9.85. The molecule has 0 amide bonds. The van der Waals surface area contributed by atoms with E-state index < -0.39 is 63.1 Å². The Hall–Kier alpha value is -2.22. The van der Waals surface area contributed by atoms with E-state index in [1.165, 1.54) is 83.5 Å². The molecule has 1 fully saturated rings. The summed E-state index contributed by atoms with van der Waals surface area (Å²) in [5.74, 6) is -0.489. The Morgan fingerprint density at radius 1 is 0.485 bits per heavy atom. The molecule has 0 bridgehead atoms. The van der Waals surface area contributed by atoms with Gasteiger partial charge in [0.25, 0.3) is 0 Å². The summed E-state index contributed by atoms with van der Waals surface area (Å²) in [4.78, 5) is 23.3. The summed E-state index contributed by atoms with van der Waals surface area (Å²) in [7, 11) is -5.03. The number of carbonyl (C=O) groups is 1. The molecule has 12 nitrogen and oxygen atoms in total. The molecule has 0 heterocycles. The highest BCUT2D eigenvalue weighted by Gasteiger charge is 2.51. The molecule has 0 saturated heterocycles. The van der Waals surface area contributed by atoms with Crippen LogP contribution in [0.1, 0.15) is 206 Å². The Balaban J connectivity index is 2.34. The summed E-state index contributed by atoms with van der Waals surface area (Å²) in [5.41, 5.74) is 0. The molecule has 0 radical (unpaired) electrons. The quantitative estimate of drug-likeness (QED) is 0.0147. The molecule has 0 aliphatic heterocycles. The molecule has 1 aliphatic carbocycles. The summed E-state index contributed by atoms with van der Waals surface area (Å²) in [5, 5.41) is 50.4. The van der Waals surface area contributed by atoms with Crippen molar-refractivity contribution in [2.24, 2.45) is 0 Å². The smallest absolute Gasteiger partial charge is 0.457 e. The van der Waals surface area contributed by atoms with E-state index in [1.807, 2.05) is 0 Å². The molecule has 68 heavy (non-hydrogen) atoms. The minimum Gasteiger partial charge on any atom is -0.457 e. The van der Waals surface area contributed by atoms with Gasteiger partial charge in [-0.05, 0) is 83.5 Å². The number of allylic oxidation sites excluding steroid dienone is 12. The van der Waals surface area contributed by atoms with Gasteiger partial charge in [-0.2, -0.15) is 0 Å². The number of unbranched alkanes of at least 4 members (excludes halogenated alkanes) is 21. The van der Waals surface area contributed by atoms with Crippen LogP contribution < -0.4 is 0 Å². The van der Waals surface area contributed by atoms with Crippen LogP contribution in [0.4, 0.5) is 0 Å². The zero-order valence-corrected chi connectivity index (χ0v) is 43.3. The van der Waals surface area contributed by atoms with Crippen molar-refractivity contribution in [2.75, 3.05) is 19.8 Å². The fraction of sp³-hybridized carbons (Fsp3) is 0.764. The zero-order valence-electron chi connectivity index (χ0n) is 42.4. The van der Waals surface area contributed by atoms with E-state index in [0.29, 0.717) is 13.0 Å². The van der Waals surface area contributed by atoms with Crippen LogP contribution in [0, 0.1) is 0 Å². The first-order valence-electron chi connectivity index (χ1n) is 26.8. The minimum absolute atomic E-state index is 0.0882. The first kappa shape index (κ1) is 63.8. The summed E-state index contributed by atoms with van der Waals surface area (Å²) in [6.07, 6.45) is 46.7. The largest absolute Gasteiger partial charge is 0.472 e. The first-order chi connectivity index (χ1) is 33.0. The van der Waals surface area contributed by atoms with E-state index in [2.05, 4.69) is 86.8 Å². The molecule has 0 aromatic rings. The maximum atomic E-state index is 12.9. The van der Waals surface area contributed by atoms with Gasteiger partial charge in [0, 0.05) is 13.0 Å². The van der Waals surface area contributed by atoms with Crippen LogP contribution in [-0.2, 0) is 27.9 Å². The number of phosphoric acid groups is 1. The molecule has 0 spiro atoms. The molecular weight excluding hydrogens is 884 g/mol. The molecule has 6 N–H and O–H groups in total. The average molecular weight is 981 g/mol. The first-order valence-corrected chi connectivity index (χ1v) is 28.3. The molecule has 0 aromatic carbocycles. The molecule has 394 valence electrons. The number of phosphoric ester groups is 1. The third-order valence-corrected chi connectivity index (χ3v) is 13.0. The number of esters is 1. The molecule has 13 heteroatoms. The fourth-order valence-electron chi connectivity index (χ4n) is 7.85. The molecule has 1 rings (SSSR count).